The molecule has 1 heterocycles. The SMILES string of the molecule is CCNc1nc(S[C@@H](C(=O)N(C)C)c2ccccc2)nc2ccccc12. The summed E-state index contributed by atoms with van der Waals surface area (Å²) in [6.07, 6.45) is 0. The predicted molar refractivity (Wildman–Crippen MR) is 107 cm³/mol. The van der Waals surface area contributed by atoms with E-state index >= 15 is 0 Å². The Bertz CT molecular complexity index is 899. The van der Waals surface area contributed by atoms with Crippen LogP contribution in [0.1, 0.15) is 17.7 Å². The van der Waals surface area contributed by atoms with Gasteiger partial charge in [0.05, 0.1) is 5.52 Å². The maximum absolute atomic E-state index is 12.8. The molecule has 134 valence electrons. The van der Waals surface area contributed by atoms with E-state index in [4.69, 9.17) is 0 Å². The van der Waals surface area contributed by atoms with Gasteiger partial charge in [-0.1, -0.05) is 54.2 Å². The Morgan fingerprint density at radius 2 is 1.77 bits per heavy atom. The number of nitrogens with one attached hydrogen (secondary N) is 1. The van der Waals surface area contributed by atoms with Gasteiger partial charge in [0.15, 0.2) is 5.16 Å². The molecule has 0 unspecified atom stereocenters. The van der Waals surface area contributed by atoms with Gasteiger partial charge in [-0.05, 0) is 24.6 Å². The minimum Gasteiger partial charge on any atom is -0.370 e. The van der Waals surface area contributed by atoms with Gasteiger partial charge in [0.1, 0.15) is 11.1 Å². The van der Waals surface area contributed by atoms with Gasteiger partial charge in [-0.25, -0.2) is 9.97 Å². The summed E-state index contributed by atoms with van der Waals surface area (Å²) in [5.74, 6) is 0.813. The molecule has 0 fully saturated rings. The number of hydrogen-bond acceptors (Lipinski definition) is 5. The van der Waals surface area contributed by atoms with Crippen LogP contribution in [0.25, 0.3) is 10.9 Å². The van der Waals surface area contributed by atoms with E-state index in [-0.39, 0.29) is 11.2 Å². The molecular formula is C20H22N4OS. The van der Waals surface area contributed by atoms with Crippen LogP contribution < -0.4 is 5.32 Å². The van der Waals surface area contributed by atoms with Gasteiger partial charge in [0.25, 0.3) is 0 Å². The number of fused-ring (bicyclic) bond motifs is 1. The summed E-state index contributed by atoms with van der Waals surface area (Å²) in [7, 11) is 3.54. The minimum atomic E-state index is -0.387. The fourth-order valence-corrected chi connectivity index (χ4v) is 3.75. The van der Waals surface area contributed by atoms with Gasteiger partial charge in [0.2, 0.25) is 5.91 Å². The first-order valence-electron chi connectivity index (χ1n) is 8.53. The third-order valence-electron chi connectivity index (χ3n) is 3.92. The van der Waals surface area contributed by atoms with Crippen LogP contribution in [0, 0.1) is 0 Å². The highest BCUT2D eigenvalue weighted by Crippen LogP contribution is 2.36. The topological polar surface area (TPSA) is 58.1 Å². The van der Waals surface area contributed by atoms with Crippen molar-refractivity contribution in [1.29, 1.82) is 0 Å². The summed E-state index contributed by atoms with van der Waals surface area (Å²) in [5.41, 5.74) is 1.81. The second-order valence-corrected chi connectivity index (χ2v) is 7.12. The lowest BCUT2D eigenvalue weighted by Crippen LogP contribution is -2.26. The number of likely N-dealkylation sites (N-methyl/N-ethyl adjacent to an activating group) is 1. The van der Waals surface area contributed by atoms with Crippen molar-refractivity contribution in [3.05, 3.63) is 60.2 Å². The maximum Gasteiger partial charge on any atom is 0.240 e. The molecular weight excluding hydrogens is 344 g/mol. The largest absolute Gasteiger partial charge is 0.370 e. The third-order valence-corrected chi connectivity index (χ3v) is 5.02. The summed E-state index contributed by atoms with van der Waals surface area (Å²) >= 11 is 1.38. The highest BCUT2D eigenvalue weighted by Gasteiger charge is 2.25. The Morgan fingerprint density at radius 3 is 2.46 bits per heavy atom. The Morgan fingerprint density at radius 1 is 1.08 bits per heavy atom. The van der Waals surface area contributed by atoms with Crippen molar-refractivity contribution in [1.82, 2.24) is 14.9 Å². The molecule has 0 aliphatic carbocycles. The number of benzene rings is 2. The van der Waals surface area contributed by atoms with E-state index in [0.717, 1.165) is 28.8 Å². The number of carbonyl (C=O) groups is 1. The van der Waals surface area contributed by atoms with Crippen LogP contribution in [0.15, 0.2) is 59.8 Å². The molecule has 0 radical (unpaired) electrons. The number of thioether (sulfide) groups is 1. The Kier molecular flexibility index (Phi) is 5.73. The molecule has 1 atom stereocenters. The second-order valence-electron chi connectivity index (χ2n) is 6.04. The van der Waals surface area contributed by atoms with E-state index in [0.29, 0.717) is 5.16 Å². The number of nitrogens with zero attached hydrogens (tertiary/aromatic N) is 3. The van der Waals surface area contributed by atoms with E-state index in [9.17, 15) is 4.79 Å². The number of anilines is 1. The lowest BCUT2D eigenvalue weighted by atomic mass is 10.1. The Labute approximate surface area is 157 Å². The van der Waals surface area contributed by atoms with Crippen LogP contribution in [-0.4, -0.2) is 41.4 Å². The van der Waals surface area contributed by atoms with Crippen molar-refractivity contribution in [3.8, 4) is 0 Å². The fourth-order valence-electron chi connectivity index (χ4n) is 2.64. The first kappa shape index (κ1) is 18.2. The smallest absolute Gasteiger partial charge is 0.240 e. The van der Waals surface area contributed by atoms with E-state index in [1.807, 2.05) is 61.5 Å². The summed E-state index contributed by atoms with van der Waals surface area (Å²) in [5, 5.41) is 4.48. The normalized spacial score (nSPS) is 12.0. The molecule has 5 nitrogen and oxygen atoms in total. The van der Waals surface area contributed by atoms with E-state index in [1.54, 1.807) is 19.0 Å². The summed E-state index contributed by atoms with van der Waals surface area (Å²) in [6.45, 7) is 2.80. The number of rotatable bonds is 6. The van der Waals surface area contributed by atoms with Crippen LogP contribution in [0.3, 0.4) is 0 Å². The van der Waals surface area contributed by atoms with Crippen molar-refractivity contribution in [2.75, 3.05) is 26.0 Å². The van der Waals surface area contributed by atoms with Crippen molar-refractivity contribution in [2.24, 2.45) is 0 Å². The zero-order valence-corrected chi connectivity index (χ0v) is 16.0. The van der Waals surface area contributed by atoms with Crippen molar-refractivity contribution < 1.29 is 4.79 Å². The van der Waals surface area contributed by atoms with E-state index in [2.05, 4.69) is 15.3 Å². The first-order valence-corrected chi connectivity index (χ1v) is 9.41. The average molecular weight is 366 g/mol. The Balaban J connectivity index is 2.02. The van der Waals surface area contributed by atoms with Crippen molar-refractivity contribution >= 4 is 34.4 Å². The monoisotopic (exact) mass is 366 g/mol. The molecule has 0 saturated carbocycles. The molecule has 2 aromatic carbocycles. The van der Waals surface area contributed by atoms with E-state index < -0.39 is 0 Å². The maximum atomic E-state index is 12.8. The molecule has 0 bridgehead atoms. The molecule has 0 spiro atoms. The molecule has 6 heteroatoms. The van der Waals surface area contributed by atoms with Gasteiger partial charge in [-0.3, -0.25) is 4.79 Å². The summed E-state index contributed by atoms with van der Waals surface area (Å²) in [6, 6.07) is 17.7. The van der Waals surface area contributed by atoms with Crippen molar-refractivity contribution in [3.63, 3.8) is 0 Å². The number of carbonyl (C=O) groups excluding carboxylic acids is 1. The molecule has 0 saturated heterocycles. The molecule has 3 rings (SSSR count). The summed E-state index contributed by atoms with van der Waals surface area (Å²) < 4.78 is 0. The van der Waals surface area contributed by atoms with Crippen LogP contribution >= 0.6 is 11.8 Å². The van der Waals surface area contributed by atoms with Gasteiger partial charge < -0.3 is 10.2 Å². The molecule has 1 aromatic heterocycles. The molecule has 1 amide bonds. The first-order chi connectivity index (χ1) is 12.6. The lowest BCUT2D eigenvalue weighted by molar-refractivity contribution is -0.128. The zero-order chi connectivity index (χ0) is 18.5. The van der Waals surface area contributed by atoms with Crippen LogP contribution in [0.2, 0.25) is 0 Å². The standard InChI is InChI=1S/C20H22N4OS/c1-4-21-18-15-12-8-9-13-16(15)22-20(23-18)26-17(19(25)24(2)3)14-10-6-5-7-11-14/h5-13,17H,4H2,1-3H3,(H,21,22,23)/t17-/m1/s1. The molecule has 26 heavy (non-hydrogen) atoms. The highest BCUT2D eigenvalue weighted by molar-refractivity contribution is 8.00. The fraction of sp³-hybridized carbons (Fsp3) is 0.250. The summed E-state index contributed by atoms with van der Waals surface area (Å²) in [4.78, 5) is 23.7. The highest BCUT2D eigenvalue weighted by atomic mass is 32.2. The molecule has 3 aromatic rings. The third kappa shape index (κ3) is 3.96. The van der Waals surface area contributed by atoms with Crippen LogP contribution in [0.5, 0.6) is 0 Å². The van der Waals surface area contributed by atoms with Gasteiger partial charge in [-0.2, -0.15) is 0 Å². The van der Waals surface area contributed by atoms with Gasteiger partial charge in [-0.15, -0.1) is 0 Å². The average Bonchev–Trinajstić information content (AvgIpc) is 2.66. The molecule has 1 N–H and O–H groups in total. The van der Waals surface area contributed by atoms with Crippen LogP contribution in [0.4, 0.5) is 5.82 Å². The minimum absolute atomic E-state index is 0.0166. The van der Waals surface area contributed by atoms with Gasteiger partial charge in [0, 0.05) is 26.0 Å². The predicted octanol–water partition coefficient (Wildman–Crippen LogP) is 3.98. The lowest BCUT2D eigenvalue weighted by Gasteiger charge is -2.20. The van der Waals surface area contributed by atoms with Gasteiger partial charge >= 0.3 is 0 Å². The Hall–Kier alpha value is -2.60. The quantitative estimate of drug-likeness (QED) is 0.528. The number of para-hydroxylation sites is 1. The van der Waals surface area contributed by atoms with Crippen molar-refractivity contribution in [2.45, 2.75) is 17.3 Å². The van der Waals surface area contributed by atoms with Crippen LogP contribution in [-0.2, 0) is 4.79 Å². The second kappa shape index (κ2) is 8.19. The number of amides is 1. The van der Waals surface area contributed by atoms with E-state index in [1.165, 1.54) is 11.8 Å². The molecule has 0 aliphatic heterocycles. The molecule has 0 aliphatic rings. The number of aromatic nitrogens is 2. The number of hydrogen-bond donors (Lipinski definition) is 1. The zero-order valence-electron chi connectivity index (χ0n) is 15.1.